The van der Waals surface area contributed by atoms with Gasteiger partial charge in [-0.25, -0.2) is 0 Å². The van der Waals surface area contributed by atoms with Gasteiger partial charge in [-0.15, -0.1) is 0 Å². The topological polar surface area (TPSA) is 50.0 Å². The van der Waals surface area contributed by atoms with Crippen molar-refractivity contribution in [3.05, 3.63) is 78.3 Å². The minimum atomic E-state index is 0.844. The molecule has 0 N–H and O–H groups in total. The first kappa shape index (κ1) is 16.1. The van der Waals surface area contributed by atoms with Crippen molar-refractivity contribution in [1.82, 2.24) is 4.98 Å². The molecule has 0 fully saturated rings. The summed E-state index contributed by atoms with van der Waals surface area (Å²) in [6.45, 7) is 0. The second kappa shape index (κ2) is 7.66. The molecule has 4 heteroatoms. The van der Waals surface area contributed by atoms with E-state index in [0.29, 0.717) is 0 Å². The van der Waals surface area contributed by atoms with Gasteiger partial charge in [0.05, 0.1) is 35.2 Å². The number of aliphatic imine (C=N–C) groups is 3. The lowest BCUT2D eigenvalue weighted by molar-refractivity contribution is 1.07. The SMILES string of the molecule is C1=NC(C=Nc2ccc3cc(N=Cc4ccccn4)ccc3c2)=CCC1. The highest BCUT2D eigenvalue weighted by Crippen LogP contribution is 2.25. The van der Waals surface area contributed by atoms with Gasteiger partial charge in [-0.2, -0.15) is 0 Å². The molecule has 0 unspecified atom stereocenters. The van der Waals surface area contributed by atoms with E-state index in [1.165, 1.54) is 0 Å². The monoisotopic (exact) mass is 338 g/mol. The molecule has 0 bridgehead atoms. The molecular formula is C22H18N4. The van der Waals surface area contributed by atoms with E-state index in [2.05, 4.69) is 50.3 Å². The Labute approximate surface area is 152 Å². The third-order valence-corrected chi connectivity index (χ3v) is 4.08. The Morgan fingerprint density at radius 3 is 2.23 bits per heavy atom. The fourth-order valence-electron chi connectivity index (χ4n) is 2.73. The number of benzene rings is 2. The van der Waals surface area contributed by atoms with Crippen molar-refractivity contribution < 1.29 is 0 Å². The molecule has 0 saturated heterocycles. The first-order valence-corrected chi connectivity index (χ1v) is 8.62. The molecule has 1 aliphatic rings. The molecule has 2 heterocycles. The summed E-state index contributed by atoms with van der Waals surface area (Å²) in [5.74, 6) is 0. The van der Waals surface area contributed by atoms with Crippen molar-refractivity contribution >= 4 is 40.8 Å². The summed E-state index contributed by atoms with van der Waals surface area (Å²) < 4.78 is 0. The van der Waals surface area contributed by atoms with Crippen LogP contribution in [0.25, 0.3) is 10.8 Å². The molecule has 0 radical (unpaired) electrons. The zero-order chi connectivity index (χ0) is 17.6. The van der Waals surface area contributed by atoms with Gasteiger partial charge < -0.3 is 0 Å². The summed E-state index contributed by atoms with van der Waals surface area (Å²) in [6.07, 6.45) is 11.5. The second-order valence-electron chi connectivity index (χ2n) is 6.00. The number of allylic oxidation sites excluding steroid dienone is 2. The molecule has 26 heavy (non-hydrogen) atoms. The lowest BCUT2D eigenvalue weighted by Gasteiger charge is -2.02. The standard InChI is InChI=1S/C22H18N4/c1-3-11-23-21(5-1)15-25-19-9-7-18-14-20(10-8-17(18)13-19)26-16-22-6-2-4-12-24-22/h1,3,5-16H,2,4H2. The normalized spacial score (nSPS) is 14.4. The fourth-order valence-corrected chi connectivity index (χ4v) is 2.73. The van der Waals surface area contributed by atoms with Crippen molar-refractivity contribution in [3.63, 3.8) is 0 Å². The van der Waals surface area contributed by atoms with Crippen LogP contribution in [0.15, 0.2) is 87.5 Å². The summed E-state index contributed by atoms with van der Waals surface area (Å²) in [5, 5.41) is 2.27. The molecular weight excluding hydrogens is 320 g/mol. The summed E-state index contributed by atoms with van der Waals surface area (Å²) >= 11 is 0. The number of fused-ring (bicyclic) bond motifs is 1. The van der Waals surface area contributed by atoms with Gasteiger partial charge in [0.25, 0.3) is 0 Å². The van der Waals surface area contributed by atoms with Gasteiger partial charge in [0, 0.05) is 12.4 Å². The van der Waals surface area contributed by atoms with Crippen molar-refractivity contribution in [2.24, 2.45) is 15.0 Å². The molecule has 0 atom stereocenters. The first-order valence-electron chi connectivity index (χ1n) is 8.62. The summed E-state index contributed by atoms with van der Waals surface area (Å²) in [5.41, 5.74) is 3.59. The van der Waals surface area contributed by atoms with Gasteiger partial charge in [0.1, 0.15) is 0 Å². The first-order chi connectivity index (χ1) is 12.9. The Kier molecular flexibility index (Phi) is 4.74. The molecule has 4 nitrogen and oxygen atoms in total. The lowest BCUT2D eigenvalue weighted by atomic mass is 10.1. The van der Waals surface area contributed by atoms with Crippen molar-refractivity contribution in [3.8, 4) is 0 Å². The number of pyridine rings is 1. The molecule has 3 aromatic rings. The maximum atomic E-state index is 4.53. The van der Waals surface area contributed by atoms with E-state index in [1.807, 2.05) is 42.8 Å². The van der Waals surface area contributed by atoms with Gasteiger partial charge in [0.2, 0.25) is 0 Å². The van der Waals surface area contributed by atoms with Crippen LogP contribution in [-0.2, 0) is 0 Å². The van der Waals surface area contributed by atoms with Crippen molar-refractivity contribution in [2.45, 2.75) is 12.8 Å². The van der Waals surface area contributed by atoms with E-state index in [4.69, 9.17) is 0 Å². The summed E-state index contributed by atoms with van der Waals surface area (Å²) in [6, 6.07) is 18.1. The van der Waals surface area contributed by atoms with Crippen LogP contribution in [0.3, 0.4) is 0 Å². The maximum absolute atomic E-state index is 4.53. The van der Waals surface area contributed by atoms with Crippen LogP contribution in [0, 0.1) is 0 Å². The molecule has 0 spiro atoms. The number of rotatable bonds is 4. The smallest absolute Gasteiger partial charge is 0.0812 e. The second-order valence-corrected chi connectivity index (χ2v) is 6.00. The highest BCUT2D eigenvalue weighted by molar-refractivity contribution is 5.90. The summed E-state index contributed by atoms with van der Waals surface area (Å²) in [7, 11) is 0. The maximum Gasteiger partial charge on any atom is 0.0812 e. The molecule has 0 aliphatic carbocycles. The van der Waals surface area contributed by atoms with Crippen molar-refractivity contribution in [2.75, 3.05) is 0 Å². The van der Waals surface area contributed by atoms with Crippen LogP contribution in [-0.4, -0.2) is 23.6 Å². The highest BCUT2D eigenvalue weighted by atomic mass is 14.8. The number of nitrogens with zero attached hydrogens (tertiary/aromatic N) is 4. The largest absolute Gasteiger partial charge is 0.260 e. The highest BCUT2D eigenvalue weighted by Gasteiger charge is 1.99. The van der Waals surface area contributed by atoms with E-state index in [-0.39, 0.29) is 0 Å². The third-order valence-electron chi connectivity index (χ3n) is 4.08. The van der Waals surface area contributed by atoms with E-state index in [1.54, 1.807) is 12.4 Å². The van der Waals surface area contributed by atoms with Gasteiger partial charge in [0.15, 0.2) is 0 Å². The van der Waals surface area contributed by atoms with Crippen LogP contribution in [0.5, 0.6) is 0 Å². The molecule has 0 amide bonds. The third kappa shape index (κ3) is 3.98. The van der Waals surface area contributed by atoms with Crippen molar-refractivity contribution in [1.29, 1.82) is 0 Å². The minimum absolute atomic E-state index is 0.844. The average molecular weight is 338 g/mol. The van der Waals surface area contributed by atoms with E-state index >= 15 is 0 Å². The molecule has 1 aromatic heterocycles. The molecule has 4 rings (SSSR count). The van der Waals surface area contributed by atoms with E-state index in [9.17, 15) is 0 Å². The fraction of sp³-hybridized carbons (Fsp3) is 0.0909. The zero-order valence-electron chi connectivity index (χ0n) is 14.3. The predicted octanol–water partition coefficient (Wildman–Crippen LogP) is 5.44. The molecule has 1 aliphatic heterocycles. The average Bonchev–Trinajstić information content (AvgIpc) is 2.72. The van der Waals surface area contributed by atoms with E-state index < -0.39 is 0 Å². The van der Waals surface area contributed by atoms with E-state index in [0.717, 1.165) is 46.4 Å². The van der Waals surface area contributed by atoms with Gasteiger partial charge in [-0.3, -0.25) is 20.0 Å². The van der Waals surface area contributed by atoms with Gasteiger partial charge in [-0.05, 0) is 60.0 Å². The Morgan fingerprint density at radius 1 is 0.808 bits per heavy atom. The lowest BCUT2D eigenvalue weighted by Crippen LogP contribution is -1.89. The van der Waals surface area contributed by atoms with Gasteiger partial charge >= 0.3 is 0 Å². The Balaban J connectivity index is 1.54. The van der Waals surface area contributed by atoms with Gasteiger partial charge in [-0.1, -0.05) is 24.3 Å². The van der Waals surface area contributed by atoms with Crippen LogP contribution in [0.2, 0.25) is 0 Å². The quantitative estimate of drug-likeness (QED) is 0.585. The molecule has 0 saturated carbocycles. The van der Waals surface area contributed by atoms with Crippen LogP contribution in [0.4, 0.5) is 11.4 Å². The van der Waals surface area contributed by atoms with Crippen LogP contribution >= 0.6 is 0 Å². The Bertz CT molecular complexity index is 1030. The zero-order valence-corrected chi connectivity index (χ0v) is 14.3. The Hall–Kier alpha value is -3.40. The number of aromatic nitrogens is 1. The van der Waals surface area contributed by atoms with Crippen LogP contribution in [0.1, 0.15) is 18.5 Å². The summed E-state index contributed by atoms with van der Waals surface area (Å²) in [4.78, 5) is 17.6. The van der Waals surface area contributed by atoms with Crippen LogP contribution < -0.4 is 0 Å². The predicted molar refractivity (Wildman–Crippen MR) is 109 cm³/mol. The molecule has 2 aromatic carbocycles. The number of hydrogen-bond donors (Lipinski definition) is 0. The molecule has 126 valence electrons. The Morgan fingerprint density at radius 2 is 1.58 bits per heavy atom. The number of hydrogen-bond acceptors (Lipinski definition) is 4. The minimum Gasteiger partial charge on any atom is -0.260 e.